The molecule has 100 valence electrons. The normalized spacial score (nSPS) is 28.9. The molecular formula is C16H26NO+. The maximum atomic E-state index is 10.5. The molecule has 2 rings (SSSR count). The van der Waals surface area contributed by atoms with E-state index in [2.05, 4.69) is 20.9 Å². The van der Waals surface area contributed by atoms with E-state index in [1.165, 1.54) is 19.3 Å². The second-order valence-corrected chi connectivity index (χ2v) is 6.08. The number of hydrogen-bond donors (Lipinski definition) is 1. The number of nitrogens with zero attached hydrogens (tertiary/aromatic N) is 1. The van der Waals surface area contributed by atoms with E-state index < -0.39 is 0 Å². The first-order valence-corrected chi connectivity index (χ1v) is 7.12. The lowest BCUT2D eigenvalue weighted by molar-refractivity contribution is -0.960. The van der Waals surface area contributed by atoms with E-state index in [0.717, 1.165) is 16.6 Å². The minimum Gasteiger partial charge on any atom is -0.382 e. The summed E-state index contributed by atoms with van der Waals surface area (Å²) in [5, 5.41) is 10.5. The van der Waals surface area contributed by atoms with Crippen molar-refractivity contribution in [3.63, 3.8) is 0 Å². The van der Waals surface area contributed by atoms with Gasteiger partial charge < -0.3 is 9.59 Å². The lowest BCUT2D eigenvalue weighted by Gasteiger charge is -2.49. The monoisotopic (exact) mass is 248 g/mol. The van der Waals surface area contributed by atoms with Gasteiger partial charge in [-0.2, -0.15) is 0 Å². The zero-order valence-corrected chi connectivity index (χ0v) is 11.8. The Bertz CT molecular complexity index is 366. The maximum Gasteiger partial charge on any atom is 0.128 e. The van der Waals surface area contributed by atoms with Crippen molar-refractivity contribution in [3.05, 3.63) is 35.9 Å². The highest BCUT2D eigenvalue weighted by Crippen LogP contribution is 2.32. The summed E-state index contributed by atoms with van der Waals surface area (Å²) in [7, 11) is 2.31. The van der Waals surface area contributed by atoms with Gasteiger partial charge >= 0.3 is 0 Å². The Hall–Kier alpha value is -0.860. The third-order valence-corrected chi connectivity index (χ3v) is 5.01. The van der Waals surface area contributed by atoms with Gasteiger partial charge in [-0.15, -0.1) is 0 Å². The zero-order valence-electron chi connectivity index (χ0n) is 11.8. The molecule has 1 aliphatic rings. The van der Waals surface area contributed by atoms with Crippen LogP contribution in [0.5, 0.6) is 0 Å². The van der Waals surface area contributed by atoms with E-state index in [1.54, 1.807) is 0 Å². The zero-order chi connectivity index (χ0) is 13.2. The molecule has 1 aliphatic heterocycles. The van der Waals surface area contributed by atoms with Crippen molar-refractivity contribution in [2.75, 3.05) is 13.6 Å². The van der Waals surface area contributed by atoms with Crippen LogP contribution in [0.4, 0.5) is 0 Å². The van der Waals surface area contributed by atoms with Gasteiger partial charge in [0.2, 0.25) is 0 Å². The van der Waals surface area contributed by atoms with Crippen LogP contribution in [-0.4, -0.2) is 35.3 Å². The van der Waals surface area contributed by atoms with Crippen LogP contribution in [0.2, 0.25) is 0 Å². The molecule has 0 unspecified atom stereocenters. The fourth-order valence-corrected chi connectivity index (χ4v) is 3.25. The molecule has 0 aliphatic carbocycles. The number of aliphatic hydroxyl groups is 1. The molecule has 1 N–H and O–H groups in total. The molecule has 0 radical (unpaired) electrons. The summed E-state index contributed by atoms with van der Waals surface area (Å²) < 4.78 is 0.996. The Morgan fingerprint density at radius 2 is 1.72 bits per heavy atom. The molecule has 0 spiro atoms. The summed E-state index contributed by atoms with van der Waals surface area (Å²) in [6, 6.07) is 11.3. The molecule has 3 atom stereocenters. The summed E-state index contributed by atoms with van der Waals surface area (Å²) in [5.74, 6) is 0. The maximum absolute atomic E-state index is 10.5. The molecule has 1 fully saturated rings. The van der Waals surface area contributed by atoms with Gasteiger partial charge in [0, 0.05) is 0 Å². The number of likely N-dealkylation sites (N-methyl/N-ethyl adjacent to an activating group) is 1. The minimum atomic E-state index is -0.348. The highest BCUT2D eigenvalue weighted by Gasteiger charge is 2.39. The molecule has 1 saturated heterocycles. The van der Waals surface area contributed by atoms with Crippen molar-refractivity contribution >= 4 is 0 Å². The summed E-state index contributed by atoms with van der Waals surface area (Å²) in [6.07, 6.45) is 3.54. The van der Waals surface area contributed by atoms with Crippen molar-refractivity contribution in [1.82, 2.24) is 0 Å². The lowest BCUT2D eigenvalue weighted by atomic mass is 9.93. The van der Waals surface area contributed by atoms with Crippen molar-refractivity contribution in [2.45, 2.75) is 51.3 Å². The van der Waals surface area contributed by atoms with E-state index in [0.29, 0.717) is 12.1 Å². The highest BCUT2D eigenvalue weighted by atomic mass is 16.3. The topological polar surface area (TPSA) is 20.2 Å². The van der Waals surface area contributed by atoms with Crippen molar-refractivity contribution < 1.29 is 9.59 Å². The SMILES string of the molecule is C[C@@H]1CCC[C@@H](C)[N+]1(C)C[C@@H](O)c1ccccc1. The number of likely N-dealkylation sites (tertiary alicyclic amines) is 1. The van der Waals surface area contributed by atoms with Gasteiger partial charge in [-0.05, 0) is 38.7 Å². The molecule has 0 aromatic heterocycles. The van der Waals surface area contributed by atoms with Gasteiger partial charge in [-0.1, -0.05) is 30.3 Å². The van der Waals surface area contributed by atoms with Gasteiger partial charge in [-0.3, -0.25) is 0 Å². The lowest BCUT2D eigenvalue weighted by Crippen LogP contribution is -2.60. The molecule has 2 nitrogen and oxygen atoms in total. The number of benzene rings is 1. The Labute approximate surface area is 111 Å². The van der Waals surface area contributed by atoms with Crippen LogP contribution in [0.1, 0.15) is 44.8 Å². The summed E-state index contributed by atoms with van der Waals surface area (Å²) in [5.41, 5.74) is 1.04. The second kappa shape index (κ2) is 5.41. The fourth-order valence-electron chi connectivity index (χ4n) is 3.25. The quantitative estimate of drug-likeness (QED) is 0.815. The van der Waals surface area contributed by atoms with E-state index in [4.69, 9.17) is 0 Å². The Kier molecular flexibility index (Phi) is 4.08. The summed E-state index contributed by atoms with van der Waals surface area (Å²) in [4.78, 5) is 0. The van der Waals surface area contributed by atoms with E-state index in [9.17, 15) is 5.11 Å². The van der Waals surface area contributed by atoms with Crippen molar-refractivity contribution in [1.29, 1.82) is 0 Å². The smallest absolute Gasteiger partial charge is 0.128 e. The fraction of sp³-hybridized carbons (Fsp3) is 0.625. The molecule has 1 aromatic rings. The number of quaternary nitrogens is 1. The summed E-state index contributed by atoms with van der Waals surface area (Å²) in [6.45, 7) is 5.48. The molecule has 1 heterocycles. The van der Waals surface area contributed by atoms with Gasteiger partial charge in [0.25, 0.3) is 0 Å². The predicted molar refractivity (Wildman–Crippen MR) is 75.2 cm³/mol. The first-order valence-electron chi connectivity index (χ1n) is 7.12. The first kappa shape index (κ1) is 13.6. The Morgan fingerprint density at radius 3 is 2.28 bits per heavy atom. The second-order valence-electron chi connectivity index (χ2n) is 6.08. The van der Waals surface area contributed by atoms with Crippen LogP contribution in [0.15, 0.2) is 30.3 Å². The first-order chi connectivity index (χ1) is 8.54. The number of piperidine rings is 1. The average Bonchev–Trinajstić information content (AvgIpc) is 2.37. The minimum absolute atomic E-state index is 0.348. The van der Waals surface area contributed by atoms with Gasteiger partial charge in [-0.25, -0.2) is 0 Å². The predicted octanol–water partition coefficient (Wildman–Crippen LogP) is 3.13. The number of hydrogen-bond acceptors (Lipinski definition) is 1. The van der Waals surface area contributed by atoms with E-state index >= 15 is 0 Å². The van der Waals surface area contributed by atoms with E-state index in [1.807, 2.05) is 30.3 Å². The molecule has 0 bridgehead atoms. The molecule has 0 amide bonds. The third-order valence-electron chi connectivity index (χ3n) is 5.01. The Morgan fingerprint density at radius 1 is 1.17 bits per heavy atom. The van der Waals surface area contributed by atoms with Crippen LogP contribution in [0, 0.1) is 0 Å². The van der Waals surface area contributed by atoms with Crippen LogP contribution >= 0.6 is 0 Å². The third kappa shape index (κ3) is 2.60. The van der Waals surface area contributed by atoms with Gasteiger partial charge in [0.05, 0.1) is 19.1 Å². The number of aliphatic hydroxyl groups excluding tert-OH is 1. The van der Waals surface area contributed by atoms with Crippen LogP contribution in [-0.2, 0) is 0 Å². The van der Waals surface area contributed by atoms with E-state index in [-0.39, 0.29) is 6.10 Å². The standard InChI is InChI=1S/C16H26NO/c1-13-8-7-9-14(2)17(13,3)12-16(18)15-10-5-4-6-11-15/h4-6,10-11,13-14,16,18H,7-9,12H2,1-3H3/q+1/t13-,14-,16-/m1/s1. The summed E-state index contributed by atoms with van der Waals surface area (Å²) >= 11 is 0. The van der Waals surface area contributed by atoms with Crippen molar-refractivity contribution in [2.24, 2.45) is 0 Å². The average molecular weight is 248 g/mol. The molecular weight excluding hydrogens is 222 g/mol. The largest absolute Gasteiger partial charge is 0.382 e. The molecule has 18 heavy (non-hydrogen) atoms. The van der Waals surface area contributed by atoms with Crippen LogP contribution < -0.4 is 0 Å². The molecule has 0 saturated carbocycles. The number of rotatable bonds is 3. The Balaban J connectivity index is 2.11. The van der Waals surface area contributed by atoms with Gasteiger partial charge in [0.1, 0.15) is 12.6 Å². The van der Waals surface area contributed by atoms with Crippen LogP contribution in [0.25, 0.3) is 0 Å². The van der Waals surface area contributed by atoms with Crippen LogP contribution in [0.3, 0.4) is 0 Å². The molecule has 1 aromatic carbocycles. The van der Waals surface area contributed by atoms with Crippen molar-refractivity contribution in [3.8, 4) is 0 Å². The van der Waals surface area contributed by atoms with Gasteiger partial charge in [0.15, 0.2) is 0 Å². The molecule has 2 heteroatoms. The highest BCUT2D eigenvalue weighted by molar-refractivity contribution is 5.17.